The molecule has 0 bridgehead atoms. The Kier molecular flexibility index (Phi) is 4.63. The van der Waals surface area contributed by atoms with Crippen molar-refractivity contribution in [1.29, 1.82) is 5.26 Å². The Balaban J connectivity index is 2.15. The lowest BCUT2D eigenvalue weighted by Crippen LogP contribution is -2.05. The molecule has 0 radical (unpaired) electrons. The van der Waals surface area contributed by atoms with Crippen LogP contribution in [0.2, 0.25) is 5.02 Å². The molecule has 4 nitrogen and oxygen atoms in total. The van der Waals surface area contributed by atoms with Gasteiger partial charge in [-0.2, -0.15) is 13.7 Å². The van der Waals surface area contributed by atoms with E-state index in [1.165, 1.54) is 18.2 Å². The molecule has 6 heteroatoms. The Morgan fingerprint density at radius 1 is 1.14 bits per heavy atom. The summed E-state index contributed by atoms with van der Waals surface area (Å²) in [6, 6.07) is 14.5. The van der Waals surface area contributed by atoms with Gasteiger partial charge < -0.3 is 4.18 Å². The number of halogens is 1. The van der Waals surface area contributed by atoms with Crippen LogP contribution in [-0.2, 0) is 10.1 Å². The summed E-state index contributed by atoms with van der Waals surface area (Å²) in [5.74, 6) is 0.0924. The molecule has 0 aliphatic heterocycles. The molecule has 2 rings (SSSR count). The Morgan fingerprint density at radius 2 is 1.86 bits per heavy atom. The number of benzene rings is 2. The molecule has 0 atom stereocenters. The van der Waals surface area contributed by atoms with E-state index in [9.17, 15) is 8.42 Å². The number of hydrogen-bond donors (Lipinski definition) is 0. The molecule has 0 N–H and O–H groups in total. The highest BCUT2D eigenvalue weighted by Gasteiger charge is 2.08. The van der Waals surface area contributed by atoms with Gasteiger partial charge in [-0.05, 0) is 42.0 Å². The third kappa shape index (κ3) is 4.63. The summed E-state index contributed by atoms with van der Waals surface area (Å²) < 4.78 is 28.5. The first-order valence-corrected chi connectivity index (χ1v) is 7.72. The highest BCUT2D eigenvalue weighted by atomic mass is 35.5. The van der Waals surface area contributed by atoms with Crippen molar-refractivity contribution < 1.29 is 12.6 Å². The summed E-state index contributed by atoms with van der Waals surface area (Å²) in [6.07, 6.45) is 1.40. The van der Waals surface area contributed by atoms with E-state index in [1.807, 2.05) is 6.07 Å². The normalized spacial score (nSPS) is 11.2. The highest BCUT2D eigenvalue weighted by Crippen LogP contribution is 2.16. The van der Waals surface area contributed by atoms with Crippen molar-refractivity contribution in [3.8, 4) is 11.8 Å². The van der Waals surface area contributed by atoms with Crippen LogP contribution in [0.25, 0.3) is 6.08 Å². The Hall–Kier alpha value is -2.29. The predicted molar refractivity (Wildman–Crippen MR) is 81.2 cm³/mol. The first-order valence-electron chi connectivity index (χ1n) is 5.87. The van der Waals surface area contributed by atoms with E-state index < -0.39 is 10.1 Å². The van der Waals surface area contributed by atoms with Gasteiger partial charge in [-0.25, -0.2) is 0 Å². The second kappa shape index (κ2) is 6.44. The third-order valence-electron chi connectivity index (χ3n) is 2.47. The lowest BCUT2D eigenvalue weighted by atomic mass is 10.2. The monoisotopic (exact) mass is 319 g/mol. The molecule has 0 amide bonds. The minimum atomic E-state index is -3.89. The molecule has 0 aliphatic rings. The molecule has 0 heterocycles. The van der Waals surface area contributed by atoms with E-state index in [2.05, 4.69) is 0 Å². The quantitative estimate of drug-likeness (QED) is 0.808. The van der Waals surface area contributed by atoms with Gasteiger partial charge in [0.05, 0.1) is 17.0 Å². The fraction of sp³-hybridized carbons (Fsp3) is 0. The Bertz CT molecular complexity index is 806. The molecule has 0 fully saturated rings. The molecule has 0 aliphatic carbocycles. The zero-order chi connectivity index (χ0) is 15.3. The van der Waals surface area contributed by atoms with Crippen LogP contribution in [0.3, 0.4) is 0 Å². The molecule has 0 saturated heterocycles. The average Bonchev–Trinajstić information content (AvgIpc) is 2.46. The number of hydrogen-bond acceptors (Lipinski definition) is 4. The van der Waals surface area contributed by atoms with Gasteiger partial charge in [0.2, 0.25) is 0 Å². The van der Waals surface area contributed by atoms with Crippen LogP contribution in [0.1, 0.15) is 11.1 Å². The van der Waals surface area contributed by atoms with Crippen LogP contribution < -0.4 is 4.18 Å². The van der Waals surface area contributed by atoms with Crippen molar-refractivity contribution in [2.45, 2.75) is 0 Å². The minimum Gasteiger partial charge on any atom is -0.379 e. The van der Waals surface area contributed by atoms with E-state index in [0.717, 1.165) is 5.41 Å². The maximum atomic E-state index is 11.8. The summed E-state index contributed by atoms with van der Waals surface area (Å²) in [4.78, 5) is 0. The Labute approximate surface area is 128 Å². The zero-order valence-corrected chi connectivity index (χ0v) is 12.3. The lowest BCUT2D eigenvalue weighted by molar-refractivity contribution is 0.497. The van der Waals surface area contributed by atoms with Crippen molar-refractivity contribution in [2.24, 2.45) is 0 Å². The zero-order valence-electron chi connectivity index (χ0n) is 10.7. The van der Waals surface area contributed by atoms with E-state index >= 15 is 0 Å². The molecule has 0 spiro atoms. The standard InChI is InChI=1S/C15H10ClNO3S/c16-14-6-4-12(5-7-14)8-9-21(18,19)20-15-3-1-2-13(10-15)11-17/h1-10H/b9-8+. The smallest absolute Gasteiger partial charge is 0.332 e. The molecule has 0 saturated carbocycles. The molecule has 21 heavy (non-hydrogen) atoms. The summed E-state index contributed by atoms with van der Waals surface area (Å²) >= 11 is 5.74. The van der Waals surface area contributed by atoms with Gasteiger partial charge in [-0.15, -0.1) is 0 Å². The van der Waals surface area contributed by atoms with Crippen molar-refractivity contribution >= 4 is 27.8 Å². The van der Waals surface area contributed by atoms with Gasteiger partial charge in [0.15, 0.2) is 0 Å². The van der Waals surface area contributed by atoms with E-state index in [0.29, 0.717) is 16.1 Å². The summed E-state index contributed by atoms with van der Waals surface area (Å²) in [6.45, 7) is 0. The molecule has 2 aromatic carbocycles. The maximum Gasteiger partial charge on any atom is 0.332 e. The van der Waals surface area contributed by atoms with Crippen molar-refractivity contribution in [2.75, 3.05) is 0 Å². The highest BCUT2D eigenvalue weighted by molar-refractivity contribution is 7.90. The van der Waals surface area contributed by atoms with Gasteiger partial charge in [-0.1, -0.05) is 29.8 Å². The van der Waals surface area contributed by atoms with Crippen LogP contribution in [0, 0.1) is 11.3 Å². The molecule has 2 aromatic rings. The number of nitriles is 1. The van der Waals surface area contributed by atoms with Crippen LogP contribution in [0.4, 0.5) is 0 Å². The van der Waals surface area contributed by atoms with Gasteiger partial charge in [0.25, 0.3) is 0 Å². The van der Waals surface area contributed by atoms with Gasteiger partial charge in [0.1, 0.15) is 5.75 Å². The number of rotatable bonds is 4. The van der Waals surface area contributed by atoms with Crippen molar-refractivity contribution in [3.05, 3.63) is 70.1 Å². The average molecular weight is 320 g/mol. The lowest BCUT2D eigenvalue weighted by Gasteiger charge is -2.03. The van der Waals surface area contributed by atoms with Gasteiger partial charge in [0, 0.05) is 5.02 Å². The second-order valence-electron chi connectivity index (χ2n) is 4.07. The minimum absolute atomic E-state index is 0.0924. The molecule has 0 unspecified atom stereocenters. The van der Waals surface area contributed by atoms with E-state index in [4.69, 9.17) is 21.0 Å². The van der Waals surface area contributed by atoms with Crippen LogP contribution in [0.5, 0.6) is 5.75 Å². The fourth-order valence-electron chi connectivity index (χ4n) is 1.52. The predicted octanol–water partition coefficient (Wildman–Crippen LogP) is 3.59. The largest absolute Gasteiger partial charge is 0.379 e. The third-order valence-corrected chi connectivity index (χ3v) is 3.62. The van der Waals surface area contributed by atoms with E-state index in [1.54, 1.807) is 36.4 Å². The fourth-order valence-corrected chi connectivity index (χ4v) is 2.39. The SMILES string of the molecule is N#Cc1cccc(OS(=O)(=O)/C=C/c2ccc(Cl)cc2)c1. The van der Waals surface area contributed by atoms with Gasteiger partial charge >= 0.3 is 10.1 Å². The molecular formula is C15H10ClNO3S. The maximum absolute atomic E-state index is 11.8. The topological polar surface area (TPSA) is 67.2 Å². The van der Waals surface area contributed by atoms with E-state index in [-0.39, 0.29) is 5.75 Å². The molecular weight excluding hydrogens is 310 g/mol. The summed E-state index contributed by atoms with van der Waals surface area (Å²) in [5.41, 5.74) is 1.00. The van der Waals surface area contributed by atoms with Crippen molar-refractivity contribution in [3.63, 3.8) is 0 Å². The number of nitrogens with zero attached hydrogens (tertiary/aromatic N) is 1. The second-order valence-corrected chi connectivity index (χ2v) is 5.93. The van der Waals surface area contributed by atoms with Crippen molar-refractivity contribution in [1.82, 2.24) is 0 Å². The molecule has 106 valence electrons. The summed E-state index contributed by atoms with van der Waals surface area (Å²) in [7, 11) is -3.89. The van der Waals surface area contributed by atoms with Crippen LogP contribution in [0.15, 0.2) is 53.9 Å². The molecule has 0 aromatic heterocycles. The first kappa shape index (κ1) is 15.1. The van der Waals surface area contributed by atoms with Crippen LogP contribution >= 0.6 is 11.6 Å². The van der Waals surface area contributed by atoms with Gasteiger partial charge in [-0.3, -0.25) is 0 Å². The first-order chi connectivity index (χ1) is 9.98. The Morgan fingerprint density at radius 3 is 2.52 bits per heavy atom. The summed E-state index contributed by atoms with van der Waals surface area (Å²) in [5, 5.41) is 10.3. The van der Waals surface area contributed by atoms with Crippen LogP contribution in [-0.4, -0.2) is 8.42 Å².